The lowest BCUT2D eigenvalue weighted by Crippen LogP contribution is -2.16. The van der Waals surface area contributed by atoms with Gasteiger partial charge in [0.2, 0.25) is 5.75 Å². The number of hydrogen-bond acceptors (Lipinski definition) is 6. The molecule has 0 aliphatic rings. The van der Waals surface area contributed by atoms with Crippen molar-refractivity contribution < 1.29 is 38.2 Å². The molecule has 0 fully saturated rings. The van der Waals surface area contributed by atoms with Crippen LogP contribution in [0.5, 0.6) is 5.75 Å². The van der Waals surface area contributed by atoms with E-state index in [1.165, 1.54) is 0 Å². The smallest absolute Gasteiger partial charge is 0.387 e. The highest BCUT2D eigenvalue weighted by Crippen LogP contribution is 2.37. The monoisotopic (exact) mass is 291 g/mol. The van der Waals surface area contributed by atoms with Crippen molar-refractivity contribution in [1.29, 1.82) is 0 Å². The predicted octanol–water partition coefficient (Wildman–Crippen LogP) is 1.13. The van der Waals surface area contributed by atoms with Crippen LogP contribution in [0.2, 0.25) is 0 Å². The van der Waals surface area contributed by atoms with Gasteiger partial charge in [0.25, 0.3) is 0 Å². The number of rotatable bonds is 6. The maximum atomic E-state index is 12.1. The average Bonchev–Trinajstić information content (AvgIpc) is 2.35. The zero-order chi connectivity index (χ0) is 15.4. The van der Waals surface area contributed by atoms with Crippen molar-refractivity contribution in [2.24, 2.45) is 0 Å². The van der Waals surface area contributed by atoms with Crippen molar-refractivity contribution in [1.82, 2.24) is 0 Å². The van der Waals surface area contributed by atoms with Gasteiger partial charge >= 0.3 is 18.3 Å². The second kappa shape index (κ2) is 6.02. The molecule has 0 radical (unpaired) electrons. The van der Waals surface area contributed by atoms with Crippen LogP contribution < -0.4 is 4.74 Å². The van der Waals surface area contributed by atoms with Gasteiger partial charge in [-0.2, -0.15) is 8.78 Å². The van der Waals surface area contributed by atoms with Gasteiger partial charge in [0, 0.05) is 5.56 Å². The molecule has 2 N–H and O–H groups in total. The van der Waals surface area contributed by atoms with E-state index in [2.05, 4.69) is 4.74 Å². The maximum Gasteiger partial charge on any atom is 0.387 e. The van der Waals surface area contributed by atoms with Crippen molar-refractivity contribution in [2.75, 3.05) is 0 Å². The summed E-state index contributed by atoms with van der Waals surface area (Å²) < 4.78 is 28.2. The van der Waals surface area contributed by atoms with Gasteiger partial charge in [-0.3, -0.25) is 14.9 Å². The molecule has 0 spiro atoms. The van der Waals surface area contributed by atoms with Crippen molar-refractivity contribution >= 4 is 17.9 Å². The third-order valence-corrected chi connectivity index (χ3v) is 2.25. The average molecular weight is 291 g/mol. The summed E-state index contributed by atoms with van der Waals surface area (Å²) in [6.45, 7) is -3.40. The summed E-state index contributed by atoms with van der Waals surface area (Å²) in [4.78, 5) is 31.1. The lowest BCUT2D eigenvalue weighted by atomic mass is 10.00. The van der Waals surface area contributed by atoms with Gasteiger partial charge in [0.1, 0.15) is 0 Å². The molecule has 108 valence electrons. The van der Waals surface area contributed by atoms with E-state index in [1.54, 1.807) is 0 Å². The Bertz CT molecular complexity index is 561. The molecular weight excluding hydrogens is 284 g/mol. The Hall–Kier alpha value is -2.62. The number of aliphatic carboxylic acids is 1. The van der Waals surface area contributed by atoms with Crippen LogP contribution >= 0.6 is 0 Å². The first-order chi connectivity index (χ1) is 9.29. The van der Waals surface area contributed by atoms with Crippen LogP contribution in [0.3, 0.4) is 0 Å². The Morgan fingerprint density at radius 3 is 2.45 bits per heavy atom. The summed E-state index contributed by atoms with van der Waals surface area (Å²) in [5.74, 6) is -2.84. The summed E-state index contributed by atoms with van der Waals surface area (Å²) in [7, 11) is 0. The number of carboxylic acid groups (broad SMARTS) is 1. The van der Waals surface area contributed by atoms with E-state index in [0.29, 0.717) is 6.07 Å². The number of nitrogens with zero attached hydrogens (tertiary/aromatic N) is 1. The molecule has 0 bridgehead atoms. The van der Waals surface area contributed by atoms with E-state index >= 15 is 0 Å². The summed E-state index contributed by atoms with van der Waals surface area (Å²) in [6, 6.07) is 1.55. The summed E-state index contributed by atoms with van der Waals surface area (Å²) in [6.07, 6.45) is -2.38. The Morgan fingerprint density at radius 2 is 2.05 bits per heavy atom. The van der Waals surface area contributed by atoms with E-state index in [1.807, 2.05) is 0 Å². The molecule has 1 unspecified atom stereocenters. The summed E-state index contributed by atoms with van der Waals surface area (Å²) >= 11 is 0. The fraction of sp³-hybridized carbons (Fsp3) is 0.200. The number of hydrogen-bond donors (Lipinski definition) is 2. The van der Waals surface area contributed by atoms with Crippen molar-refractivity contribution in [2.45, 2.75) is 12.7 Å². The van der Waals surface area contributed by atoms with Gasteiger partial charge in [0.05, 0.1) is 10.5 Å². The molecule has 8 nitrogen and oxygen atoms in total. The van der Waals surface area contributed by atoms with E-state index in [9.17, 15) is 33.6 Å². The van der Waals surface area contributed by atoms with Crippen molar-refractivity contribution in [3.63, 3.8) is 0 Å². The number of carboxylic acids is 1. The molecule has 0 aromatic heterocycles. The Balaban J connectivity index is 3.61. The highest BCUT2D eigenvalue weighted by molar-refractivity contribution is 5.86. The highest BCUT2D eigenvalue weighted by atomic mass is 19.3. The second-order valence-electron chi connectivity index (χ2n) is 3.41. The number of halogens is 2. The number of aliphatic hydroxyl groups is 1. The Kier molecular flexibility index (Phi) is 4.64. The van der Waals surface area contributed by atoms with Crippen LogP contribution in [0.1, 0.15) is 22.0 Å². The molecule has 10 heteroatoms. The third-order valence-electron chi connectivity index (χ3n) is 2.25. The molecule has 0 aliphatic heterocycles. The zero-order valence-corrected chi connectivity index (χ0v) is 9.53. The molecule has 0 aliphatic carbocycles. The van der Waals surface area contributed by atoms with Crippen LogP contribution in [0.4, 0.5) is 14.5 Å². The fourth-order valence-corrected chi connectivity index (χ4v) is 1.50. The van der Waals surface area contributed by atoms with Gasteiger partial charge < -0.3 is 14.9 Å². The molecule has 20 heavy (non-hydrogen) atoms. The quantitative estimate of drug-likeness (QED) is 0.456. The van der Waals surface area contributed by atoms with Gasteiger partial charge in [-0.1, -0.05) is 0 Å². The third kappa shape index (κ3) is 3.03. The van der Waals surface area contributed by atoms with Crippen LogP contribution in [-0.2, 0) is 4.79 Å². The Labute approximate surface area is 109 Å². The van der Waals surface area contributed by atoms with Gasteiger partial charge in [-0.25, -0.2) is 4.79 Å². The molecule has 0 saturated carbocycles. The minimum absolute atomic E-state index is 0.0562. The zero-order valence-electron chi connectivity index (χ0n) is 9.53. The molecule has 1 atom stereocenters. The van der Waals surface area contributed by atoms with E-state index in [4.69, 9.17) is 5.11 Å². The van der Waals surface area contributed by atoms with E-state index in [0.717, 1.165) is 6.07 Å². The van der Waals surface area contributed by atoms with E-state index in [-0.39, 0.29) is 6.29 Å². The molecule has 1 aromatic carbocycles. The van der Waals surface area contributed by atoms with Gasteiger partial charge in [-0.05, 0) is 12.1 Å². The molecule has 1 aromatic rings. The highest BCUT2D eigenvalue weighted by Gasteiger charge is 2.33. The first-order valence-corrected chi connectivity index (χ1v) is 4.91. The SMILES string of the molecule is O=Cc1ccc(OC(F)F)c([N+](=O)[O-])c1C(O)C(=O)O. The molecule has 0 heterocycles. The van der Waals surface area contributed by atoms with Crippen molar-refractivity contribution in [3.8, 4) is 5.75 Å². The molecule has 0 amide bonds. The molecule has 1 rings (SSSR count). The van der Waals surface area contributed by atoms with Crippen LogP contribution in [0.25, 0.3) is 0 Å². The standard InChI is InChI=1S/C10H7F2NO7/c11-10(12)20-5-2-1-4(3-14)6(7(5)13(18)19)8(15)9(16)17/h1-3,8,10,15H,(H,16,17). The largest absolute Gasteiger partial charge is 0.479 e. The second-order valence-corrected chi connectivity index (χ2v) is 3.41. The minimum Gasteiger partial charge on any atom is -0.479 e. The van der Waals surface area contributed by atoms with Crippen LogP contribution in [-0.4, -0.2) is 34.0 Å². The topological polar surface area (TPSA) is 127 Å². The lowest BCUT2D eigenvalue weighted by molar-refractivity contribution is -0.387. The van der Waals surface area contributed by atoms with Crippen molar-refractivity contribution in [3.05, 3.63) is 33.4 Å². The summed E-state index contributed by atoms with van der Waals surface area (Å²) in [5.41, 5.74) is -2.64. The number of alkyl halides is 2. The predicted molar refractivity (Wildman–Crippen MR) is 57.7 cm³/mol. The maximum absolute atomic E-state index is 12.1. The Morgan fingerprint density at radius 1 is 1.45 bits per heavy atom. The molecular formula is C10H7F2NO7. The number of aldehydes is 1. The number of carbonyl (C=O) groups is 2. The minimum atomic E-state index is -3.40. The molecule has 0 saturated heterocycles. The number of nitro benzene ring substituents is 1. The van der Waals surface area contributed by atoms with Crippen LogP contribution in [0, 0.1) is 10.1 Å². The number of nitro groups is 1. The van der Waals surface area contributed by atoms with E-state index < -0.39 is 46.2 Å². The number of aliphatic hydroxyl groups excluding tert-OH is 1. The summed E-state index contributed by atoms with van der Waals surface area (Å²) in [5, 5.41) is 28.9. The number of carbonyl (C=O) groups excluding carboxylic acids is 1. The normalized spacial score (nSPS) is 12.0. The van der Waals surface area contributed by atoms with Gasteiger partial charge in [0.15, 0.2) is 12.4 Å². The van der Waals surface area contributed by atoms with Crippen LogP contribution in [0.15, 0.2) is 12.1 Å². The first-order valence-electron chi connectivity index (χ1n) is 4.91. The number of benzene rings is 1. The number of ether oxygens (including phenoxy) is 1. The fourth-order valence-electron chi connectivity index (χ4n) is 1.50. The lowest BCUT2D eigenvalue weighted by Gasteiger charge is -2.12. The van der Waals surface area contributed by atoms with Gasteiger partial charge in [-0.15, -0.1) is 0 Å². The first kappa shape index (κ1) is 15.4.